The second kappa shape index (κ2) is 8.90. The lowest BCUT2D eigenvalue weighted by molar-refractivity contribution is -0.116. The molecule has 0 saturated carbocycles. The normalized spacial score (nSPS) is 15.0. The molecule has 0 spiro atoms. The lowest BCUT2D eigenvalue weighted by atomic mass is 9.93. The Balaban J connectivity index is 0.00000242. The first kappa shape index (κ1) is 18.6. The van der Waals surface area contributed by atoms with Crippen LogP contribution < -0.4 is 15.4 Å². The van der Waals surface area contributed by atoms with E-state index in [1.54, 1.807) is 0 Å². The number of benzene rings is 1. The van der Waals surface area contributed by atoms with Gasteiger partial charge >= 0.3 is 0 Å². The molecule has 22 heavy (non-hydrogen) atoms. The number of hydrogen-bond acceptors (Lipinski definition) is 3. The Morgan fingerprint density at radius 1 is 1.32 bits per heavy atom. The van der Waals surface area contributed by atoms with Crippen LogP contribution in [0.4, 0.5) is 14.5 Å². The van der Waals surface area contributed by atoms with Gasteiger partial charge < -0.3 is 15.4 Å². The van der Waals surface area contributed by atoms with Crippen LogP contribution in [0.25, 0.3) is 0 Å². The fraction of sp³-hybridized carbons (Fsp3) is 0.533. The number of anilines is 1. The number of nitrogens with one attached hydrogen (secondary N) is 2. The average molecular weight is 335 g/mol. The molecule has 1 aromatic rings. The van der Waals surface area contributed by atoms with Gasteiger partial charge in [-0.3, -0.25) is 4.79 Å². The predicted molar refractivity (Wildman–Crippen MR) is 83.6 cm³/mol. The average Bonchev–Trinajstić information content (AvgIpc) is 2.49. The molecule has 1 amide bonds. The van der Waals surface area contributed by atoms with Gasteiger partial charge in [-0.05, 0) is 38.3 Å². The second-order valence-corrected chi connectivity index (χ2v) is 5.25. The zero-order valence-electron chi connectivity index (χ0n) is 12.5. The Morgan fingerprint density at radius 3 is 2.64 bits per heavy atom. The number of ether oxygens (including phenoxy) is 1. The minimum atomic E-state index is -0.705. The van der Waals surface area contributed by atoms with Crippen molar-refractivity contribution in [1.29, 1.82) is 0 Å². The van der Waals surface area contributed by atoms with Crippen molar-refractivity contribution in [3.05, 3.63) is 23.8 Å². The number of hydrogen-bond donors (Lipinski definition) is 2. The van der Waals surface area contributed by atoms with Gasteiger partial charge in [0.1, 0.15) is 0 Å². The van der Waals surface area contributed by atoms with Gasteiger partial charge in [-0.1, -0.05) is 0 Å². The monoisotopic (exact) mass is 334 g/mol. The molecule has 1 aliphatic rings. The van der Waals surface area contributed by atoms with Crippen molar-refractivity contribution in [3.63, 3.8) is 0 Å². The van der Waals surface area contributed by atoms with Gasteiger partial charge in [0.2, 0.25) is 5.91 Å². The molecule has 1 fully saturated rings. The van der Waals surface area contributed by atoms with Crippen molar-refractivity contribution in [1.82, 2.24) is 5.32 Å². The first-order chi connectivity index (χ1) is 10.1. The predicted octanol–water partition coefficient (Wildman–Crippen LogP) is 3.11. The molecule has 1 saturated heterocycles. The summed E-state index contributed by atoms with van der Waals surface area (Å²) < 4.78 is 31.9. The van der Waals surface area contributed by atoms with Crippen LogP contribution in [0, 0.1) is 17.6 Å². The highest BCUT2D eigenvalue weighted by Crippen LogP contribution is 2.25. The van der Waals surface area contributed by atoms with Crippen LogP contribution in [-0.2, 0) is 4.79 Å². The quantitative estimate of drug-likeness (QED) is 0.870. The van der Waals surface area contributed by atoms with Gasteiger partial charge in [0.05, 0.1) is 12.8 Å². The minimum absolute atomic E-state index is 0. The smallest absolute Gasteiger partial charge is 0.224 e. The standard InChI is InChI=1S/C15H20F2N2O2.ClH/c1-21-14-9-11(16)13(8-12(14)17)19-15(20)3-2-10-4-6-18-7-5-10;/h8-10,18H,2-7H2,1H3,(H,19,20);1H. The van der Waals surface area contributed by atoms with Gasteiger partial charge in [-0.25, -0.2) is 8.78 Å². The van der Waals surface area contributed by atoms with E-state index in [2.05, 4.69) is 15.4 Å². The highest BCUT2D eigenvalue weighted by Gasteiger charge is 2.16. The summed E-state index contributed by atoms with van der Waals surface area (Å²) in [6.45, 7) is 1.95. The van der Waals surface area contributed by atoms with E-state index < -0.39 is 11.6 Å². The van der Waals surface area contributed by atoms with E-state index in [0.29, 0.717) is 12.3 Å². The molecule has 7 heteroatoms. The van der Waals surface area contributed by atoms with E-state index in [0.717, 1.165) is 44.5 Å². The van der Waals surface area contributed by atoms with Crippen molar-refractivity contribution in [2.45, 2.75) is 25.7 Å². The molecular weight excluding hydrogens is 314 g/mol. The van der Waals surface area contributed by atoms with Crippen molar-refractivity contribution in [3.8, 4) is 5.75 Å². The fourth-order valence-electron chi connectivity index (χ4n) is 2.50. The van der Waals surface area contributed by atoms with Crippen LogP contribution in [0.2, 0.25) is 0 Å². The molecule has 124 valence electrons. The zero-order chi connectivity index (χ0) is 15.2. The molecule has 0 bridgehead atoms. The molecule has 0 radical (unpaired) electrons. The molecule has 1 aliphatic heterocycles. The summed E-state index contributed by atoms with van der Waals surface area (Å²) in [5.41, 5.74) is -0.149. The maximum Gasteiger partial charge on any atom is 0.224 e. The Kier molecular flexibility index (Phi) is 7.55. The topological polar surface area (TPSA) is 50.4 Å². The molecular formula is C15H21ClF2N2O2. The fourth-order valence-corrected chi connectivity index (χ4v) is 2.50. The summed E-state index contributed by atoms with van der Waals surface area (Å²) in [5.74, 6) is -1.36. The number of carbonyl (C=O) groups is 1. The van der Waals surface area contributed by atoms with Gasteiger partial charge in [-0.15, -0.1) is 12.4 Å². The van der Waals surface area contributed by atoms with Crippen LogP contribution >= 0.6 is 12.4 Å². The van der Waals surface area contributed by atoms with Crippen molar-refractivity contribution < 1.29 is 18.3 Å². The highest BCUT2D eigenvalue weighted by molar-refractivity contribution is 5.90. The number of methoxy groups -OCH3 is 1. The zero-order valence-corrected chi connectivity index (χ0v) is 13.3. The SMILES string of the molecule is COc1cc(F)c(NC(=O)CCC2CCNCC2)cc1F.Cl. The third-order valence-electron chi connectivity index (χ3n) is 3.75. The lowest BCUT2D eigenvalue weighted by Crippen LogP contribution is -2.28. The van der Waals surface area contributed by atoms with E-state index in [9.17, 15) is 13.6 Å². The molecule has 0 aliphatic carbocycles. The Labute approximate surface area is 135 Å². The van der Waals surface area contributed by atoms with E-state index >= 15 is 0 Å². The summed E-state index contributed by atoms with van der Waals surface area (Å²) in [6, 6.07) is 1.87. The molecule has 2 rings (SSSR count). The maximum absolute atomic E-state index is 13.7. The number of halogens is 3. The van der Waals surface area contributed by atoms with Gasteiger partial charge in [0.15, 0.2) is 17.4 Å². The van der Waals surface area contributed by atoms with E-state index in [4.69, 9.17) is 0 Å². The molecule has 2 N–H and O–H groups in total. The van der Waals surface area contributed by atoms with Crippen LogP contribution in [-0.4, -0.2) is 26.1 Å². The number of amides is 1. The maximum atomic E-state index is 13.7. The van der Waals surface area contributed by atoms with Crippen LogP contribution in [0.15, 0.2) is 12.1 Å². The third kappa shape index (κ3) is 5.10. The van der Waals surface area contributed by atoms with Crippen LogP contribution in [0.5, 0.6) is 5.75 Å². The highest BCUT2D eigenvalue weighted by atomic mass is 35.5. The summed E-state index contributed by atoms with van der Waals surface area (Å²) in [4.78, 5) is 11.8. The van der Waals surface area contributed by atoms with Gasteiger partial charge in [0.25, 0.3) is 0 Å². The largest absolute Gasteiger partial charge is 0.494 e. The summed E-state index contributed by atoms with van der Waals surface area (Å²) in [6.07, 6.45) is 3.20. The lowest BCUT2D eigenvalue weighted by Gasteiger charge is -2.22. The molecule has 0 unspecified atom stereocenters. The Hall–Kier alpha value is -1.40. The summed E-state index contributed by atoms with van der Waals surface area (Å²) in [5, 5.41) is 5.68. The van der Waals surface area contributed by atoms with Crippen molar-refractivity contribution in [2.75, 3.05) is 25.5 Å². The van der Waals surface area contributed by atoms with Crippen molar-refractivity contribution in [2.24, 2.45) is 5.92 Å². The van der Waals surface area contributed by atoms with E-state index in [1.165, 1.54) is 7.11 Å². The summed E-state index contributed by atoms with van der Waals surface area (Å²) in [7, 11) is 1.26. The number of carbonyl (C=O) groups excluding carboxylic acids is 1. The molecule has 0 aromatic heterocycles. The Morgan fingerprint density at radius 2 is 2.00 bits per heavy atom. The first-order valence-corrected chi connectivity index (χ1v) is 7.13. The molecule has 1 aromatic carbocycles. The second-order valence-electron chi connectivity index (χ2n) is 5.25. The molecule has 1 heterocycles. The van der Waals surface area contributed by atoms with Crippen LogP contribution in [0.1, 0.15) is 25.7 Å². The molecule has 0 atom stereocenters. The van der Waals surface area contributed by atoms with E-state index in [-0.39, 0.29) is 29.8 Å². The van der Waals surface area contributed by atoms with Crippen molar-refractivity contribution >= 4 is 24.0 Å². The third-order valence-corrected chi connectivity index (χ3v) is 3.75. The van der Waals surface area contributed by atoms with Crippen LogP contribution in [0.3, 0.4) is 0 Å². The number of piperidine rings is 1. The minimum Gasteiger partial charge on any atom is -0.494 e. The Bertz CT molecular complexity index is 509. The van der Waals surface area contributed by atoms with E-state index in [1.807, 2.05) is 0 Å². The summed E-state index contributed by atoms with van der Waals surface area (Å²) >= 11 is 0. The number of rotatable bonds is 5. The van der Waals surface area contributed by atoms with Gasteiger partial charge in [0, 0.05) is 18.6 Å². The molecule has 4 nitrogen and oxygen atoms in total. The first-order valence-electron chi connectivity index (χ1n) is 7.13. The van der Waals surface area contributed by atoms with Gasteiger partial charge in [-0.2, -0.15) is 0 Å².